The van der Waals surface area contributed by atoms with Crippen molar-refractivity contribution >= 4 is 15.9 Å². The standard InChI is InChI=1S/C15H16BrFN2O/c1-10(2)19-9-11-8-18-4-3-15(11)20-14-6-12(16)5-13(17)7-14/h3-8,10,19H,9H2,1-2H3. The molecular formula is C15H16BrFN2O. The summed E-state index contributed by atoms with van der Waals surface area (Å²) in [5.41, 5.74) is 0.932. The van der Waals surface area contributed by atoms with Gasteiger partial charge >= 0.3 is 0 Å². The second kappa shape index (κ2) is 6.81. The molecule has 0 aliphatic carbocycles. The van der Waals surface area contributed by atoms with E-state index in [0.29, 0.717) is 28.6 Å². The first-order chi connectivity index (χ1) is 9.54. The molecule has 0 saturated carbocycles. The van der Waals surface area contributed by atoms with Gasteiger partial charge in [0.1, 0.15) is 17.3 Å². The highest BCUT2D eigenvalue weighted by atomic mass is 79.9. The van der Waals surface area contributed by atoms with Gasteiger partial charge in [-0.25, -0.2) is 4.39 Å². The molecule has 1 N–H and O–H groups in total. The summed E-state index contributed by atoms with van der Waals surface area (Å²) in [5.74, 6) is 0.782. The second-order valence-electron chi connectivity index (χ2n) is 4.73. The van der Waals surface area contributed by atoms with E-state index < -0.39 is 0 Å². The predicted octanol–water partition coefficient (Wildman–Crippen LogP) is 4.27. The van der Waals surface area contributed by atoms with Crippen molar-refractivity contribution in [1.29, 1.82) is 0 Å². The molecule has 0 bridgehead atoms. The van der Waals surface area contributed by atoms with E-state index in [0.717, 1.165) is 5.56 Å². The highest BCUT2D eigenvalue weighted by Crippen LogP contribution is 2.27. The Labute approximate surface area is 126 Å². The van der Waals surface area contributed by atoms with Gasteiger partial charge in [-0.1, -0.05) is 29.8 Å². The third kappa shape index (κ3) is 4.28. The molecule has 0 radical (unpaired) electrons. The summed E-state index contributed by atoms with van der Waals surface area (Å²) < 4.78 is 19.7. The summed E-state index contributed by atoms with van der Waals surface area (Å²) >= 11 is 3.25. The van der Waals surface area contributed by atoms with Crippen molar-refractivity contribution < 1.29 is 9.13 Å². The fraction of sp³-hybridized carbons (Fsp3) is 0.267. The first-order valence-electron chi connectivity index (χ1n) is 6.35. The van der Waals surface area contributed by atoms with Gasteiger partial charge in [-0.2, -0.15) is 0 Å². The molecule has 1 aromatic heterocycles. The molecule has 2 rings (SSSR count). The van der Waals surface area contributed by atoms with Crippen molar-refractivity contribution in [3.63, 3.8) is 0 Å². The van der Waals surface area contributed by atoms with E-state index in [1.165, 1.54) is 12.1 Å². The minimum absolute atomic E-state index is 0.342. The van der Waals surface area contributed by atoms with Gasteiger partial charge in [-0.3, -0.25) is 4.98 Å². The molecule has 0 atom stereocenters. The molecule has 1 aromatic carbocycles. The zero-order chi connectivity index (χ0) is 14.5. The van der Waals surface area contributed by atoms with Crippen molar-refractivity contribution in [1.82, 2.24) is 10.3 Å². The van der Waals surface area contributed by atoms with Crippen LogP contribution in [-0.4, -0.2) is 11.0 Å². The lowest BCUT2D eigenvalue weighted by atomic mass is 10.2. The maximum Gasteiger partial charge on any atom is 0.134 e. The fourth-order valence-electron chi connectivity index (χ4n) is 1.68. The molecule has 0 spiro atoms. The van der Waals surface area contributed by atoms with E-state index in [4.69, 9.17) is 4.74 Å². The van der Waals surface area contributed by atoms with Gasteiger partial charge in [0.25, 0.3) is 0 Å². The number of nitrogens with zero attached hydrogens (tertiary/aromatic N) is 1. The van der Waals surface area contributed by atoms with E-state index in [-0.39, 0.29) is 5.82 Å². The summed E-state index contributed by atoms with van der Waals surface area (Å²) in [6.07, 6.45) is 3.40. The van der Waals surface area contributed by atoms with Crippen LogP contribution in [0.25, 0.3) is 0 Å². The molecule has 2 aromatic rings. The Balaban J connectivity index is 2.20. The van der Waals surface area contributed by atoms with Crippen LogP contribution in [0.2, 0.25) is 0 Å². The Bertz CT molecular complexity index is 570. The van der Waals surface area contributed by atoms with Crippen LogP contribution in [0.4, 0.5) is 4.39 Å². The molecule has 0 aliphatic rings. The molecule has 0 saturated heterocycles. The van der Waals surface area contributed by atoms with E-state index in [1.54, 1.807) is 24.5 Å². The number of ether oxygens (including phenoxy) is 1. The number of hydrogen-bond donors (Lipinski definition) is 1. The van der Waals surface area contributed by atoms with Crippen LogP contribution in [0.15, 0.2) is 41.1 Å². The third-order valence-electron chi connectivity index (χ3n) is 2.62. The summed E-state index contributed by atoms with van der Waals surface area (Å²) in [7, 11) is 0. The second-order valence-corrected chi connectivity index (χ2v) is 5.64. The van der Waals surface area contributed by atoms with Crippen LogP contribution in [0.3, 0.4) is 0 Å². The van der Waals surface area contributed by atoms with Gasteiger partial charge in [0.2, 0.25) is 0 Å². The lowest BCUT2D eigenvalue weighted by molar-refractivity contribution is 0.463. The van der Waals surface area contributed by atoms with Gasteiger partial charge in [0, 0.05) is 41.1 Å². The molecule has 0 aliphatic heterocycles. The smallest absolute Gasteiger partial charge is 0.134 e. The van der Waals surface area contributed by atoms with Crippen molar-refractivity contribution in [2.75, 3.05) is 0 Å². The largest absolute Gasteiger partial charge is 0.457 e. The predicted molar refractivity (Wildman–Crippen MR) is 80.4 cm³/mol. The molecule has 0 unspecified atom stereocenters. The number of hydrogen-bond acceptors (Lipinski definition) is 3. The maximum atomic E-state index is 13.4. The van der Waals surface area contributed by atoms with Gasteiger partial charge in [0.15, 0.2) is 0 Å². The van der Waals surface area contributed by atoms with Gasteiger partial charge in [-0.05, 0) is 18.2 Å². The quantitative estimate of drug-likeness (QED) is 0.883. The average molecular weight is 339 g/mol. The summed E-state index contributed by atoms with van der Waals surface area (Å²) in [6, 6.07) is 6.61. The molecule has 0 amide bonds. The van der Waals surface area contributed by atoms with Crippen LogP contribution < -0.4 is 10.1 Å². The van der Waals surface area contributed by atoms with E-state index in [2.05, 4.69) is 40.1 Å². The Hall–Kier alpha value is -1.46. The Kier molecular flexibility index (Phi) is 5.09. The van der Waals surface area contributed by atoms with Crippen molar-refractivity contribution in [2.24, 2.45) is 0 Å². The molecule has 3 nitrogen and oxygen atoms in total. The number of rotatable bonds is 5. The van der Waals surface area contributed by atoms with Crippen molar-refractivity contribution in [2.45, 2.75) is 26.4 Å². The SMILES string of the molecule is CC(C)NCc1cnccc1Oc1cc(F)cc(Br)c1. The van der Waals surface area contributed by atoms with Gasteiger partial charge < -0.3 is 10.1 Å². The fourth-order valence-corrected chi connectivity index (χ4v) is 2.12. The van der Waals surface area contributed by atoms with Gasteiger partial charge in [0.05, 0.1) is 0 Å². The van der Waals surface area contributed by atoms with Crippen LogP contribution in [-0.2, 0) is 6.54 Å². The van der Waals surface area contributed by atoms with Crippen molar-refractivity contribution in [3.8, 4) is 11.5 Å². The molecule has 20 heavy (non-hydrogen) atoms. The Morgan fingerprint density at radius 3 is 2.85 bits per heavy atom. The van der Waals surface area contributed by atoms with E-state index >= 15 is 0 Å². The van der Waals surface area contributed by atoms with Crippen LogP contribution in [0.1, 0.15) is 19.4 Å². The lowest BCUT2D eigenvalue weighted by Gasteiger charge is -2.13. The Morgan fingerprint density at radius 1 is 1.35 bits per heavy atom. The summed E-state index contributed by atoms with van der Waals surface area (Å²) in [6.45, 7) is 4.79. The lowest BCUT2D eigenvalue weighted by Crippen LogP contribution is -2.22. The third-order valence-corrected chi connectivity index (χ3v) is 3.08. The first kappa shape index (κ1) is 14.9. The minimum Gasteiger partial charge on any atom is -0.457 e. The topological polar surface area (TPSA) is 34.2 Å². The highest BCUT2D eigenvalue weighted by molar-refractivity contribution is 9.10. The Morgan fingerprint density at radius 2 is 2.15 bits per heavy atom. The molecule has 1 heterocycles. The minimum atomic E-state index is -0.342. The zero-order valence-electron chi connectivity index (χ0n) is 11.4. The highest BCUT2D eigenvalue weighted by Gasteiger charge is 2.07. The number of nitrogens with one attached hydrogen (secondary N) is 1. The maximum absolute atomic E-state index is 13.4. The number of benzene rings is 1. The van der Waals surface area contributed by atoms with Crippen LogP contribution >= 0.6 is 15.9 Å². The number of pyridine rings is 1. The van der Waals surface area contributed by atoms with E-state index in [9.17, 15) is 4.39 Å². The average Bonchev–Trinajstić information content (AvgIpc) is 2.36. The summed E-state index contributed by atoms with van der Waals surface area (Å²) in [4.78, 5) is 4.10. The normalized spacial score (nSPS) is 10.8. The monoisotopic (exact) mass is 338 g/mol. The molecule has 0 fully saturated rings. The zero-order valence-corrected chi connectivity index (χ0v) is 12.9. The summed E-state index contributed by atoms with van der Waals surface area (Å²) in [5, 5.41) is 3.31. The van der Waals surface area contributed by atoms with Crippen molar-refractivity contribution in [3.05, 3.63) is 52.5 Å². The molecule has 5 heteroatoms. The number of halogens is 2. The first-order valence-corrected chi connectivity index (χ1v) is 7.14. The van der Waals surface area contributed by atoms with Crippen LogP contribution in [0.5, 0.6) is 11.5 Å². The molecular weight excluding hydrogens is 323 g/mol. The number of aromatic nitrogens is 1. The molecule has 106 valence electrons. The van der Waals surface area contributed by atoms with Crippen LogP contribution in [0, 0.1) is 5.82 Å². The van der Waals surface area contributed by atoms with E-state index in [1.807, 2.05) is 0 Å². The van der Waals surface area contributed by atoms with Gasteiger partial charge in [-0.15, -0.1) is 0 Å².